The van der Waals surface area contributed by atoms with E-state index in [4.69, 9.17) is 21.1 Å². The Morgan fingerprint density at radius 1 is 1.13 bits per heavy atom. The Morgan fingerprint density at radius 3 is 2.65 bits per heavy atom. The first-order valence-electron chi connectivity index (χ1n) is 10.4. The molecule has 1 amide bonds. The largest absolute Gasteiger partial charge is 0.379 e. The number of benzene rings is 2. The SMILES string of the molecule is CCOCCOCc1cccc(NC(=O)c2cnn(-c3cccc(Cl)c3)c2C(C)C)c1. The van der Waals surface area contributed by atoms with Gasteiger partial charge in [0.1, 0.15) is 0 Å². The molecule has 3 aromatic rings. The standard InChI is InChI=1S/C24H28ClN3O3/c1-4-30-11-12-31-16-18-7-5-9-20(13-18)27-24(29)22-15-26-28(23(22)17(2)3)21-10-6-8-19(25)14-21/h5-10,13-15,17H,4,11-12,16H2,1-3H3,(H,27,29). The van der Waals surface area contributed by atoms with Crippen molar-refractivity contribution in [2.75, 3.05) is 25.1 Å². The average molecular weight is 442 g/mol. The highest BCUT2D eigenvalue weighted by atomic mass is 35.5. The number of amides is 1. The molecule has 0 aliphatic rings. The average Bonchev–Trinajstić information content (AvgIpc) is 3.20. The first-order valence-corrected chi connectivity index (χ1v) is 10.8. The fourth-order valence-electron chi connectivity index (χ4n) is 3.29. The quantitative estimate of drug-likeness (QED) is 0.424. The van der Waals surface area contributed by atoms with Crippen LogP contribution in [0.3, 0.4) is 0 Å². The number of anilines is 1. The first-order chi connectivity index (χ1) is 15.0. The van der Waals surface area contributed by atoms with Gasteiger partial charge >= 0.3 is 0 Å². The van der Waals surface area contributed by atoms with Gasteiger partial charge in [-0.25, -0.2) is 4.68 Å². The third-order valence-corrected chi connectivity index (χ3v) is 4.92. The Kier molecular flexibility index (Phi) is 8.23. The Labute approximate surface area is 188 Å². The highest BCUT2D eigenvalue weighted by Crippen LogP contribution is 2.25. The summed E-state index contributed by atoms with van der Waals surface area (Å²) in [4.78, 5) is 13.1. The molecule has 1 aromatic heterocycles. The van der Waals surface area contributed by atoms with Crippen LogP contribution in [0.2, 0.25) is 5.02 Å². The van der Waals surface area contributed by atoms with Crippen molar-refractivity contribution in [2.45, 2.75) is 33.3 Å². The molecule has 6 nitrogen and oxygen atoms in total. The summed E-state index contributed by atoms with van der Waals surface area (Å²) in [6.45, 7) is 8.27. The van der Waals surface area contributed by atoms with Crippen molar-refractivity contribution in [1.82, 2.24) is 9.78 Å². The molecule has 2 aromatic carbocycles. The van der Waals surface area contributed by atoms with E-state index in [0.29, 0.717) is 42.7 Å². The second-order valence-corrected chi connectivity index (χ2v) is 7.83. The molecule has 0 spiro atoms. The van der Waals surface area contributed by atoms with Crippen LogP contribution in [0.25, 0.3) is 5.69 Å². The van der Waals surface area contributed by atoms with Gasteiger partial charge in [-0.2, -0.15) is 5.10 Å². The van der Waals surface area contributed by atoms with Crippen molar-refractivity contribution >= 4 is 23.2 Å². The number of aromatic nitrogens is 2. The molecule has 0 saturated carbocycles. The summed E-state index contributed by atoms with van der Waals surface area (Å²) in [6.07, 6.45) is 1.60. The van der Waals surface area contributed by atoms with E-state index in [1.165, 1.54) is 0 Å². The number of carbonyl (C=O) groups excluding carboxylic acids is 1. The van der Waals surface area contributed by atoms with E-state index >= 15 is 0 Å². The number of carbonyl (C=O) groups is 1. The smallest absolute Gasteiger partial charge is 0.259 e. The molecule has 1 heterocycles. The maximum Gasteiger partial charge on any atom is 0.259 e. The highest BCUT2D eigenvalue weighted by molar-refractivity contribution is 6.30. The molecule has 0 aliphatic heterocycles. The van der Waals surface area contributed by atoms with Crippen molar-refractivity contribution < 1.29 is 14.3 Å². The van der Waals surface area contributed by atoms with Crippen LogP contribution in [0.4, 0.5) is 5.69 Å². The van der Waals surface area contributed by atoms with Gasteiger partial charge in [-0.05, 0) is 48.7 Å². The predicted octanol–water partition coefficient (Wildman–Crippen LogP) is 5.45. The minimum absolute atomic E-state index is 0.0901. The third kappa shape index (κ3) is 6.17. The second kappa shape index (κ2) is 11.1. The van der Waals surface area contributed by atoms with Gasteiger partial charge in [0.2, 0.25) is 0 Å². The molecule has 0 aliphatic carbocycles. The first kappa shape index (κ1) is 23.0. The Morgan fingerprint density at radius 2 is 1.90 bits per heavy atom. The normalized spacial score (nSPS) is 11.1. The number of hydrogen-bond acceptors (Lipinski definition) is 4. The molecule has 0 saturated heterocycles. The maximum absolute atomic E-state index is 13.1. The Hall–Kier alpha value is -2.67. The number of nitrogens with zero attached hydrogens (tertiary/aromatic N) is 2. The van der Waals surface area contributed by atoms with Gasteiger partial charge in [0.05, 0.1) is 43.0 Å². The van der Waals surface area contributed by atoms with E-state index in [9.17, 15) is 4.79 Å². The molecule has 3 rings (SSSR count). The van der Waals surface area contributed by atoms with Crippen molar-refractivity contribution in [3.63, 3.8) is 0 Å². The molecular weight excluding hydrogens is 414 g/mol. The lowest BCUT2D eigenvalue weighted by molar-refractivity contribution is 0.0453. The number of halogens is 1. The summed E-state index contributed by atoms with van der Waals surface area (Å²) in [5, 5.41) is 8.06. The number of hydrogen-bond donors (Lipinski definition) is 1. The van der Waals surface area contributed by atoms with Gasteiger partial charge < -0.3 is 14.8 Å². The summed E-state index contributed by atoms with van der Waals surface area (Å²) in [5.41, 5.74) is 3.87. The number of ether oxygens (including phenoxy) is 2. The van der Waals surface area contributed by atoms with Crippen LogP contribution in [0.1, 0.15) is 48.3 Å². The lowest BCUT2D eigenvalue weighted by Crippen LogP contribution is -2.15. The van der Waals surface area contributed by atoms with Crippen LogP contribution in [-0.2, 0) is 16.1 Å². The summed E-state index contributed by atoms with van der Waals surface area (Å²) in [5.74, 6) is -0.112. The Balaban J connectivity index is 1.74. The molecular formula is C24H28ClN3O3. The predicted molar refractivity (Wildman–Crippen MR) is 123 cm³/mol. The van der Waals surface area contributed by atoms with Gasteiger partial charge in [0, 0.05) is 17.3 Å². The summed E-state index contributed by atoms with van der Waals surface area (Å²) in [7, 11) is 0. The maximum atomic E-state index is 13.1. The lowest BCUT2D eigenvalue weighted by Gasteiger charge is -2.13. The van der Waals surface area contributed by atoms with Crippen LogP contribution in [-0.4, -0.2) is 35.5 Å². The van der Waals surface area contributed by atoms with Crippen LogP contribution in [0, 0.1) is 0 Å². The monoisotopic (exact) mass is 441 g/mol. The van der Waals surface area contributed by atoms with Crippen LogP contribution in [0.15, 0.2) is 54.7 Å². The second-order valence-electron chi connectivity index (χ2n) is 7.39. The molecule has 0 unspecified atom stereocenters. The Bertz CT molecular complexity index is 1020. The van der Waals surface area contributed by atoms with Crippen molar-refractivity contribution in [3.8, 4) is 5.69 Å². The molecule has 0 atom stereocenters. The molecule has 7 heteroatoms. The zero-order chi connectivity index (χ0) is 22.2. The van der Waals surface area contributed by atoms with Crippen molar-refractivity contribution in [2.24, 2.45) is 0 Å². The lowest BCUT2D eigenvalue weighted by atomic mass is 10.0. The molecule has 1 N–H and O–H groups in total. The highest BCUT2D eigenvalue weighted by Gasteiger charge is 2.21. The molecule has 0 bridgehead atoms. The van der Waals surface area contributed by atoms with Gasteiger partial charge in [0.15, 0.2) is 0 Å². The summed E-state index contributed by atoms with van der Waals surface area (Å²) >= 11 is 6.14. The van der Waals surface area contributed by atoms with E-state index in [0.717, 1.165) is 16.9 Å². The molecule has 31 heavy (non-hydrogen) atoms. The summed E-state index contributed by atoms with van der Waals surface area (Å²) < 4.78 is 12.7. The van der Waals surface area contributed by atoms with Gasteiger partial charge in [-0.1, -0.05) is 43.6 Å². The third-order valence-electron chi connectivity index (χ3n) is 4.68. The van der Waals surface area contributed by atoms with Crippen LogP contribution >= 0.6 is 11.6 Å². The van der Waals surface area contributed by atoms with E-state index < -0.39 is 0 Å². The fraction of sp³-hybridized carbons (Fsp3) is 0.333. The summed E-state index contributed by atoms with van der Waals surface area (Å²) in [6, 6.07) is 15.1. The van der Waals surface area contributed by atoms with E-state index in [1.807, 2.05) is 69.3 Å². The van der Waals surface area contributed by atoms with E-state index in [-0.39, 0.29) is 11.8 Å². The molecule has 0 fully saturated rings. The van der Waals surface area contributed by atoms with E-state index in [2.05, 4.69) is 10.4 Å². The van der Waals surface area contributed by atoms with Crippen LogP contribution in [0.5, 0.6) is 0 Å². The van der Waals surface area contributed by atoms with E-state index in [1.54, 1.807) is 10.9 Å². The zero-order valence-electron chi connectivity index (χ0n) is 18.1. The van der Waals surface area contributed by atoms with Gasteiger partial charge in [-0.3, -0.25) is 4.79 Å². The van der Waals surface area contributed by atoms with Gasteiger partial charge in [0.25, 0.3) is 5.91 Å². The van der Waals surface area contributed by atoms with Gasteiger partial charge in [-0.15, -0.1) is 0 Å². The van der Waals surface area contributed by atoms with Crippen LogP contribution < -0.4 is 5.32 Å². The fourth-order valence-corrected chi connectivity index (χ4v) is 3.48. The zero-order valence-corrected chi connectivity index (χ0v) is 18.9. The minimum Gasteiger partial charge on any atom is -0.379 e. The topological polar surface area (TPSA) is 65.4 Å². The minimum atomic E-state index is -0.202. The van der Waals surface area contributed by atoms with Crippen molar-refractivity contribution in [1.29, 1.82) is 0 Å². The molecule has 0 radical (unpaired) electrons. The number of nitrogens with one attached hydrogen (secondary N) is 1. The van der Waals surface area contributed by atoms with Crippen molar-refractivity contribution in [3.05, 3.63) is 76.6 Å². The molecule has 164 valence electrons. The number of rotatable bonds is 10.